The Morgan fingerprint density at radius 3 is 2.45 bits per heavy atom. The molecule has 0 radical (unpaired) electrons. The van der Waals surface area contributed by atoms with Crippen molar-refractivity contribution in [3.05, 3.63) is 84.7 Å². The predicted octanol–water partition coefficient (Wildman–Crippen LogP) is 3.71. The zero-order chi connectivity index (χ0) is 15.0. The number of carbonyl (C=O) groups is 1. The molecule has 3 nitrogen and oxygen atoms in total. The van der Waals surface area contributed by atoms with Crippen LogP contribution in [0.5, 0.6) is 5.75 Å². The number of para-hydroxylation sites is 1. The van der Waals surface area contributed by atoms with Gasteiger partial charge in [0.15, 0.2) is 5.78 Å². The van der Waals surface area contributed by atoms with Crippen LogP contribution < -0.4 is 0 Å². The first-order valence-corrected chi connectivity index (χ1v) is 5.93. The second-order valence-electron chi connectivity index (χ2n) is 3.93. The molecule has 0 atom stereocenters. The number of benzene rings is 1. The fourth-order valence-corrected chi connectivity index (χ4v) is 1.40. The van der Waals surface area contributed by atoms with E-state index in [1.165, 1.54) is 30.4 Å². The molecule has 0 aromatic heterocycles. The summed E-state index contributed by atoms with van der Waals surface area (Å²) in [6.07, 6.45) is 8.63. The first-order chi connectivity index (χ1) is 9.54. The maximum Gasteiger partial charge on any atom is 0.178 e. The summed E-state index contributed by atoms with van der Waals surface area (Å²) in [6.45, 7) is 6.89. The van der Waals surface area contributed by atoms with E-state index in [9.17, 15) is 15.0 Å². The van der Waals surface area contributed by atoms with Crippen LogP contribution >= 0.6 is 0 Å². The van der Waals surface area contributed by atoms with Crippen molar-refractivity contribution in [1.82, 2.24) is 0 Å². The highest BCUT2D eigenvalue weighted by molar-refractivity contribution is 6.02. The monoisotopic (exact) mass is 268 g/mol. The van der Waals surface area contributed by atoms with Gasteiger partial charge in [0, 0.05) is 11.1 Å². The maximum absolute atomic E-state index is 11.6. The number of phenolic OH excluding ortho intramolecular Hbond substituents is 1. The first kappa shape index (κ1) is 15.2. The van der Waals surface area contributed by atoms with Gasteiger partial charge in [-0.05, 0) is 30.4 Å². The Kier molecular flexibility index (Phi) is 5.78. The van der Waals surface area contributed by atoms with Gasteiger partial charge in [0.25, 0.3) is 0 Å². The Morgan fingerprint density at radius 2 is 1.85 bits per heavy atom. The highest BCUT2D eigenvalue weighted by Gasteiger charge is 1.97. The molecule has 20 heavy (non-hydrogen) atoms. The summed E-state index contributed by atoms with van der Waals surface area (Å²) in [5.74, 6) is -0.306. The number of hydrogen-bond donors (Lipinski definition) is 2. The number of rotatable bonds is 6. The van der Waals surface area contributed by atoms with Crippen molar-refractivity contribution in [2.24, 2.45) is 0 Å². The van der Waals surface area contributed by atoms with Gasteiger partial charge >= 0.3 is 0 Å². The van der Waals surface area contributed by atoms with Gasteiger partial charge in [-0.2, -0.15) is 0 Å². The molecule has 0 aliphatic rings. The molecule has 0 saturated heterocycles. The third-order valence-corrected chi connectivity index (χ3v) is 2.42. The quantitative estimate of drug-likeness (QED) is 0.469. The minimum Gasteiger partial charge on any atom is -0.508 e. The van der Waals surface area contributed by atoms with E-state index in [1.807, 2.05) is 0 Å². The van der Waals surface area contributed by atoms with Crippen molar-refractivity contribution in [3.63, 3.8) is 0 Å². The smallest absolute Gasteiger partial charge is 0.178 e. The lowest BCUT2D eigenvalue weighted by atomic mass is 10.1. The molecule has 102 valence electrons. The van der Waals surface area contributed by atoms with Crippen LogP contribution in [0, 0.1) is 0 Å². The fraction of sp³-hybridized carbons (Fsp3) is 0. The van der Waals surface area contributed by atoms with Crippen molar-refractivity contribution in [3.8, 4) is 5.75 Å². The van der Waals surface area contributed by atoms with Gasteiger partial charge in [-0.25, -0.2) is 0 Å². The number of carbonyl (C=O) groups excluding carboxylic acids is 1. The molecule has 1 aromatic rings. The summed E-state index contributed by atoms with van der Waals surface area (Å²) in [7, 11) is 0. The summed E-state index contributed by atoms with van der Waals surface area (Å²) in [5, 5.41) is 18.8. The molecule has 2 N–H and O–H groups in total. The Morgan fingerprint density at radius 1 is 1.15 bits per heavy atom. The summed E-state index contributed by atoms with van der Waals surface area (Å²) < 4.78 is 0. The van der Waals surface area contributed by atoms with Crippen molar-refractivity contribution < 1.29 is 15.0 Å². The van der Waals surface area contributed by atoms with Crippen LogP contribution in [0.2, 0.25) is 0 Å². The molecule has 1 rings (SSSR count). The van der Waals surface area contributed by atoms with E-state index in [-0.39, 0.29) is 17.3 Å². The number of ketones is 1. The van der Waals surface area contributed by atoms with E-state index in [1.54, 1.807) is 30.3 Å². The average molecular weight is 268 g/mol. The van der Waals surface area contributed by atoms with Crippen LogP contribution in [0.15, 0.2) is 79.1 Å². The summed E-state index contributed by atoms with van der Waals surface area (Å²) in [5.41, 5.74) is 0.965. The van der Waals surface area contributed by atoms with Crippen LogP contribution in [-0.2, 0) is 4.79 Å². The molecule has 0 amide bonds. The second kappa shape index (κ2) is 7.59. The molecule has 0 fully saturated rings. The van der Waals surface area contributed by atoms with Gasteiger partial charge < -0.3 is 10.2 Å². The molecule has 0 heterocycles. The molecule has 0 unspecified atom stereocenters. The normalized spacial score (nSPS) is 11.9. The van der Waals surface area contributed by atoms with Gasteiger partial charge in [-0.3, -0.25) is 4.79 Å². The SMILES string of the molecule is C=C/C=C(/C=C/C(=O)/C=C/c1ccccc1O)C(=C)O. The van der Waals surface area contributed by atoms with E-state index in [0.29, 0.717) is 11.1 Å². The molecule has 1 aromatic carbocycles. The van der Waals surface area contributed by atoms with Crippen LogP contribution in [0.25, 0.3) is 6.08 Å². The molecule has 0 aliphatic heterocycles. The highest BCUT2D eigenvalue weighted by Crippen LogP contribution is 2.17. The summed E-state index contributed by atoms with van der Waals surface area (Å²) in [6, 6.07) is 6.70. The zero-order valence-electron chi connectivity index (χ0n) is 11.0. The minimum atomic E-state index is -0.274. The van der Waals surface area contributed by atoms with Gasteiger partial charge in [0.05, 0.1) is 0 Å². The Labute approximate surface area is 118 Å². The summed E-state index contributed by atoms with van der Waals surface area (Å²) in [4.78, 5) is 11.6. The lowest BCUT2D eigenvalue weighted by Gasteiger charge is -1.97. The van der Waals surface area contributed by atoms with E-state index in [2.05, 4.69) is 13.2 Å². The number of phenols is 1. The third kappa shape index (κ3) is 4.82. The number of aliphatic hydroxyl groups is 1. The standard InChI is InChI=1S/C17H16O3/c1-3-6-14(13(2)18)9-11-16(19)12-10-15-7-4-5-8-17(15)20/h3-12,18,20H,1-2H2/b11-9+,12-10+,14-6-. The average Bonchev–Trinajstić information content (AvgIpc) is 2.42. The molecular formula is C17H16O3. The Hall–Kier alpha value is -2.81. The zero-order valence-corrected chi connectivity index (χ0v) is 11.0. The van der Waals surface area contributed by atoms with Gasteiger partial charge in [0.1, 0.15) is 11.5 Å². The fourth-order valence-electron chi connectivity index (χ4n) is 1.40. The molecule has 3 heteroatoms. The number of hydrogen-bond acceptors (Lipinski definition) is 3. The largest absolute Gasteiger partial charge is 0.508 e. The Balaban J connectivity index is 2.78. The number of allylic oxidation sites excluding steroid dienone is 5. The van der Waals surface area contributed by atoms with Crippen LogP contribution in [0.3, 0.4) is 0 Å². The van der Waals surface area contributed by atoms with Crippen molar-refractivity contribution >= 4 is 11.9 Å². The lowest BCUT2D eigenvalue weighted by Crippen LogP contribution is -1.88. The lowest BCUT2D eigenvalue weighted by molar-refractivity contribution is -0.110. The van der Waals surface area contributed by atoms with Crippen molar-refractivity contribution in [2.75, 3.05) is 0 Å². The predicted molar refractivity (Wildman–Crippen MR) is 81.3 cm³/mol. The molecule has 0 bridgehead atoms. The van der Waals surface area contributed by atoms with E-state index < -0.39 is 0 Å². The first-order valence-electron chi connectivity index (χ1n) is 5.93. The van der Waals surface area contributed by atoms with E-state index in [0.717, 1.165) is 0 Å². The van der Waals surface area contributed by atoms with Crippen LogP contribution in [0.1, 0.15) is 5.56 Å². The maximum atomic E-state index is 11.6. The topological polar surface area (TPSA) is 57.5 Å². The van der Waals surface area contributed by atoms with Crippen LogP contribution in [-0.4, -0.2) is 16.0 Å². The molecular weight excluding hydrogens is 252 g/mol. The minimum absolute atomic E-state index is 0.108. The number of aliphatic hydroxyl groups excluding tert-OH is 1. The molecule has 0 saturated carbocycles. The van der Waals surface area contributed by atoms with Gasteiger partial charge in [-0.1, -0.05) is 43.5 Å². The third-order valence-electron chi connectivity index (χ3n) is 2.42. The Bertz CT molecular complexity index is 604. The van der Waals surface area contributed by atoms with Crippen LogP contribution in [0.4, 0.5) is 0 Å². The van der Waals surface area contributed by atoms with E-state index >= 15 is 0 Å². The molecule has 0 aliphatic carbocycles. The molecule has 0 spiro atoms. The number of aromatic hydroxyl groups is 1. The van der Waals surface area contributed by atoms with Gasteiger partial charge in [-0.15, -0.1) is 0 Å². The van der Waals surface area contributed by atoms with E-state index in [4.69, 9.17) is 0 Å². The van der Waals surface area contributed by atoms with Crippen molar-refractivity contribution in [2.45, 2.75) is 0 Å². The highest BCUT2D eigenvalue weighted by atomic mass is 16.3. The van der Waals surface area contributed by atoms with Gasteiger partial charge in [0.2, 0.25) is 0 Å². The van der Waals surface area contributed by atoms with Crippen molar-refractivity contribution in [1.29, 1.82) is 0 Å². The summed E-state index contributed by atoms with van der Waals surface area (Å²) >= 11 is 0. The second-order valence-corrected chi connectivity index (χ2v) is 3.93.